The van der Waals surface area contributed by atoms with E-state index in [1.165, 1.54) is 32.8 Å². The fourth-order valence-electron chi connectivity index (χ4n) is 15.6. The molecule has 0 atom stereocenters. The van der Waals surface area contributed by atoms with Crippen LogP contribution in [0.5, 0.6) is 23.0 Å². The van der Waals surface area contributed by atoms with Gasteiger partial charge >= 0.3 is 0 Å². The highest BCUT2D eigenvalue weighted by Gasteiger charge is 2.49. The number of ether oxygens (including phenoxy) is 2. The third-order valence-corrected chi connectivity index (χ3v) is 20.0. The number of anilines is 6. The van der Waals surface area contributed by atoms with Crippen LogP contribution < -0.4 is 52.1 Å². The van der Waals surface area contributed by atoms with Crippen LogP contribution in [0, 0.1) is 0 Å². The van der Waals surface area contributed by atoms with Gasteiger partial charge in [-0.3, -0.25) is 0 Å². The molecule has 0 radical (unpaired) electrons. The van der Waals surface area contributed by atoms with Gasteiger partial charge in [0.15, 0.2) is 0 Å². The summed E-state index contributed by atoms with van der Waals surface area (Å²) in [6.07, 6.45) is 0. The summed E-state index contributed by atoms with van der Waals surface area (Å²) in [4.78, 5) is 5.20. The van der Waals surface area contributed by atoms with Crippen LogP contribution in [-0.2, 0) is 10.8 Å². The summed E-state index contributed by atoms with van der Waals surface area (Å²) in [5, 5.41) is 2.45. The lowest BCUT2D eigenvalue weighted by atomic mass is 9.31. The molecule has 1 aromatic heterocycles. The second-order valence-corrected chi connectivity index (χ2v) is 27.5. The predicted molar refractivity (Wildman–Crippen MR) is 392 cm³/mol. The van der Waals surface area contributed by atoms with E-state index in [9.17, 15) is 0 Å². The Hall–Kier alpha value is -11.0. The lowest BCUT2D eigenvalue weighted by Gasteiger charge is -2.45. The van der Waals surface area contributed by atoms with Gasteiger partial charge in [-0.2, -0.15) is 0 Å². The lowest BCUT2D eigenvalue weighted by molar-refractivity contribution is 0.482. The molecule has 4 aliphatic rings. The number of hydrogen-bond donors (Lipinski definition) is 0. The van der Waals surface area contributed by atoms with Crippen molar-refractivity contribution in [3.05, 3.63) is 296 Å². The molecule has 4 aliphatic heterocycles. The van der Waals surface area contributed by atoms with E-state index in [1.54, 1.807) is 0 Å². The molecule has 0 N–H and O–H groups in total. The summed E-state index contributed by atoms with van der Waals surface area (Å²) in [5.41, 5.74) is 27.9. The van der Waals surface area contributed by atoms with Crippen LogP contribution in [0.2, 0.25) is 0 Å². The quantitative estimate of drug-likeness (QED) is 0.149. The first kappa shape index (κ1) is 54.9. The van der Waals surface area contributed by atoms with Gasteiger partial charge in [0.05, 0.1) is 22.4 Å². The van der Waals surface area contributed by atoms with Gasteiger partial charge in [0, 0.05) is 67.5 Å². The number of nitrogens with zero attached hydrogens (tertiary/aromatic N) is 3. The molecule has 442 valence electrons. The highest BCUT2D eigenvalue weighted by Crippen LogP contribution is 2.54. The van der Waals surface area contributed by atoms with E-state index in [1.807, 2.05) is 0 Å². The zero-order valence-corrected chi connectivity index (χ0v) is 52.9. The molecule has 14 aromatic rings. The monoisotopic (exact) mass is 1190 g/mol. The summed E-state index contributed by atoms with van der Waals surface area (Å²) >= 11 is 0. The van der Waals surface area contributed by atoms with Crippen LogP contribution in [0.15, 0.2) is 285 Å². The van der Waals surface area contributed by atoms with Crippen LogP contribution in [-0.4, -0.2) is 18.0 Å². The SMILES string of the molecule is CC(C)(C)c1cc2c3c(c1)N(c1c(-c4ccccc4)cccc1-c1ccccc1)c1cc(-n4c5ccccc5c5ccccc54)ccc1B3c1cc3c(cc1O2)N(c1c(-c2ccccc2)cccc1-c1ccccc1)c1cc(C(C)(C)C)cc2c1B3c1ccccc1O2. The molecule has 0 saturated heterocycles. The van der Waals surface area contributed by atoms with E-state index in [0.29, 0.717) is 0 Å². The van der Waals surface area contributed by atoms with E-state index in [0.717, 1.165) is 140 Å². The van der Waals surface area contributed by atoms with Gasteiger partial charge in [0.1, 0.15) is 23.0 Å². The van der Waals surface area contributed by atoms with E-state index >= 15 is 0 Å². The number of fused-ring (bicyclic) bond motifs is 11. The number of para-hydroxylation sites is 5. The molecule has 0 aliphatic carbocycles. The molecule has 0 amide bonds. The van der Waals surface area contributed by atoms with Gasteiger partial charge in [-0.05, 0) is 132 Å². The third-order valence-electron chi connectivity index (χ3n) is 20.0. The molecule has 0 saturated carbocycles. The van der Waals surface area contributed by atoms with E-state index in [2.05, 4.69) is 341 Å². The van der Waals surface area contributed by atoms with Crippen LogP contribution in [0.1, 0.15) is 52.7 Å². The first-order chi connectivity index (χ1) is 45.4. The van der Waals surface area contributed by atoms with Crippen molar-refractivity contribution in [2.45, 2.75) is 52.4 Å². The minimum Gasteiger partial charge on any atom is -0.458 e. The molecule has 0 bridgehead atoms. The van der Waals surface area contributed by atoms with Crippen LogP contribution in [0.4, 0.5) is 34.1 Å². The summed E-state index contributed by atoms with van der Waals surface area (Å²) < 4.78 is 17.7. The van der Waals surface area contributed by atoms with Crippen molar-refractivity contribution in [2.24, 2.45) is 0 Å². The molecule has 0 fully saturated rings. The molecule has 18 rings (SSSR count). The van der Waals surface area contributed by atoms with Crippen LogP contribution in [0.25, 0.3) is 72.0 Å². The van der Waals surface area contributed by atoms with Gasteiger partial charge in [-0.15, -0.1) is 0 Å². The van der Waals surface area contributed by atoms with Crippen molar-refractivity contribution < 1.29 is 9.47 Å². The molecule has 0 spiro atoms. The molecule has 0 unspecified atom stereocenters. The number of aromatic nitrogens is 1. The molecule has 7 heteroatoms. The number of benzene rings is 13. The topological polar surface area (TPSA) is 29.9 Å². The van der Waals surface area contributed by atoms with Crippen molar-refractivity contribution in [1.82, 2.24) is 4.57 Å². The van der Waals surface area contributed by atoms with Gasteiger partial charge < -0.3 is 23.8 Å². The smallest absolute Gasteiger partial charge is 0.256 e. The maximum atomic E-state index is 7.91. The van der Waals surface area contributed by atoms with Crippen molar-refractivity contribution in [3.63, 3.8) is 0 Å². The highest BCUT2D eigenvalue weighted by atomic mass is 16.5. The van der Waals surface area contributed by atoms with Gasteiger partial charge in [-0.1, -0.05) is 266 Å². The average Bonchev–Trinajstić information content (AvgIpc) is 1.16. The maximum Gasteiger partial charge on any atom is 0.256 e. The molecule has 5 nitrogen and oxygen atoms in total. The Kier molecular flexibility index (Phi) is 12.3. The predicted octanol–water partition coefficient (Wildman–Crippen LogP) is 18.9. The van der Waals surface area contributed by atoms with Crippen molar-refractivity contribution >= 4 is 102 Å². The highest BCUT2D eigenvalue weighted by molar-refractivity contribution is 7.02. The second kappa shape index (κ2) is 20.8. The van der Waals surface area contributed by atoms with Crippen LogP contribution >= 0.6 is 0 Å². The fraction of sp³-hybridized carbons (Fsp3) is 0.0930. The lowest BCUT2D eigenvalue weighted by Crippen LogP contribution is -2.63. The summed E-state index contributed by atoms with van der Waals surface area (Å²) in [7, 11) is 0. The van der Waals surface area contributed by atoms with Gasteiger partial charge in [-0.25, -0.2) is 0 Å². The molecular formula is C86H65B2N3O2. The Labute approximate surface area is 544 Å². The minimum atomic E-state index is -0.271. The van der Waals surface area contributed by atoms with Crippen LogP contribution in [0.3, 0.4) is 0 Å². The average molecular weight is 1190 g/mol. The van der Waals surface area contributed by atoms with Crippen molar-refractivity contribution in [2.75, 3.05) is 9.80 Å². The van der Waals surface area contributed by atoms with E-state index < -0.39 is 0 Å². The minimum absolute atomic E-state index is 0.192. The standard InChI is InChI=1S/C86H65B2N3O2/c1-85(2,3)58-48-76-82-79(49-58)92-77-44-24-21-41-68(77)88(82)69-52-70-78(53-74(69)91(76)84-63(56-31-15-9-16-32-56)39-26-40-64(84)57-33-17-10-18-34-57)93-80-50-59(86(4,5)6)47-75-81(80)87(70)67-46-45-60(89-71-42-22-19-35-65(71)66-36-20-23-43-72(66)89)51-73(67)90(75)83-61(54-27-11-7-12-28-54)37-25-38-62(83)55-29-13-8-14-30-55/h7-53H,1-6H3. The van der Waals surface area contributed by atoms with E-state index in [-0.39, 0.29) is 24.3 Å². The van der Waals surface area contributed by atoms with Gasteiger partial charge in [0.2, 0.25) is 0 Å². The maximum absolute atomic E-state index is 7.91. The van der Waals surface area contributed by atoms with Gasteiger partial charge in [0.25, 0.3) is 13.4 Å². The van der Waals surface area contributed by atoms with E-state index in [4.69, 9.17) is 9.47 Å². The molecular weight excluding hydrogens is 1130 g/mol. The molecule has 13 aromatic carbocycles. The second-order valence-electron chi connectivity index (χ2n) is 27.5. The fourth-order valence-corrected chi connectivity index (χ4v) is 15.6. The first-order valence-corrected chi connectivity index (χ1v) is 32.6. The third kappa shape index (κ3) is 8.56. The Morgan fingerprint density at radius 3 is 1.17 bits per heavy atom. The molecule has 93 heavy (non-hydrogen) atoms. The summed E-state index contributed by atoms with van der Waals surface area (Å²) in [5.74, 6) is 3.46. The Balaban J connectivity index is 0.970. The zero-order chi connectivity index (χ0) is 62.4. The summed E-state index contributed by atoms with van der Waals surface area (Å²) in [6, 6.07) is 106. The Morgan fingerprint density at radius 2 is 0.699 bits per heavy atom. The number of rotatable bonds is 7. The van der Waals surface area contributed by atoms with Crippen molar-refractivity contribution in [3.8, 4) is 73.2 Å². The van der Waals surface area contributed by atoms with Crippen molar-refractivity contribution in [1.29, 1.82) is 0 Å². The Bertz CT molecular complexity index is 5210. The first-order valence-electron chi connectivity index (χ1n) is 32.6. The normalized spacial score (nSPS) is 13.4. The molecule has 5 heterocycles. The number of hydrogen-bond acceptors (Lipinski definition) is 4. The summed E-state index contributed by atoms with van der Waals surface area (Å²) in [6.45, 7) is 13.5. The zero-order valence-electron chi connectivity index (χ0n) is 52.9. The largest absolute Gasteiger partial charge is 0.458 e. The Morgan fingerprint density at radius 1 is 0.290 bits per heavy atom.